The second kappa shape index (κ2) is 9.33. The lowest BCUT2D eigenvalue weighted by Crippen LogP contribution is -2.30. The Bertz CT molecular complexity index is 573. The van der Waals surface area contributed by atoms with Crippen LogP contribution in [-0.2, 0) is 5.75 Å². The van der Waals surface area contributed by atoms with E-state index in [9.17, 15) is 0 Å². The van der Waals surface area contributed by atoms with Crippen molar-refractivity contribution in [2.45, 2.75) is 5.75 Å². The van der Waals surface area contributed by atoms with E-state index in [0.29, 0.717) is 5.11 Å². The summed E-state index contributed by atoms with van der Waals surface area (Å²) in [5.41, 5.74) is 2.31. The molecule has 0 fully saturated rings. The Morgan fingerprint density at radius 1 is 1.09 bits per heavy atom. The Kier molecular flexibility index (Phi) is 7.06. The Labute approximate surface area is 141 Å². The molecule has 0 saturated heterocycles. The highest BCUT2D eigenvalue weighted by molar-refractivity contribution is 7.98. The van der Waals surface area contributed by atoms with Gasteiger partial charge in [-0.25, -0.2) is 0 Å². The van der Waals surface area contributed by atoms with Gasteiger partial charge < -0.3 is 15.4 Å². The number of thioether (sulfide) groups is 1. The summed E-state index contributed by atoms with van der Waals surface area (Å²) in [6, 6.07) is 18.2. The van der Waals surface area contributed by atoms with Crippen LogP contribution in [0.25, 0.3) is 0 Å². The van der Waals surface area contributed by atoms with Crippen LogP contribution in [0.1, 0.15) is 5.56 Å². The van der Waals surface area contributed by atoms with Crippen molar-refractivity contribution >= 4 is 34.8 Å². The predicted octanol–water partition coefficient (Wildman–Crippen LogP) is 3.92. The second-order valence-electron chi connectivity index (χ2n) is 4.65. The van der Waals surface area contributed by atoms with E-state index in [4.69, 9.17) is 17.0 Å². The minimum absolute atomic E-state index is 0.644. The van der Waals surface area contributed by atoms with Gasteiger partial charge in [0.05, 0.1) is 7.11 Å². The molecule has 2 aromatic carbocycles. The number of ether oxygens (including phenoxy) is 1. The van der Waals surface area contributed by atoms with Crippen LogP contribution in [0.15, 0.2) is 54.6 Å². The molecule has 22 heavy (non-hydrogen) atoms. The van der Waals surface area contributed by atoms with Gasteiger partial charge in [-0.15, -0.1) is 0 Å². The molecular formula is C17H20N2OS2. The van der Waals surface area contributed by atoms with Gasteiger partial charge in [-0.2, -0.15) is 11.8 Å². The third-order valence-corrected chi connectivity index (χ3v) is 4.27. The second-order valence-corrected chi connectivity index (χ2v) is 6.16. The highest BCUT2D eigenvalue weighted by atomic mass is 32.2. The van der Waals surface area contributed by atoms with E-state index in [2.05, 4.69) is 34.9 Å². The van der Waals surface area contributed by atoms with Crippen LogP contribution >= 0.6 is 24.0 Å². The molecular weight excluding hydrogens is 312 g/mol. The van der Waals surface area contributed by atoms with Crippen LogP contribution in [-0.4, -0.2) is 24.5 Å². The van der Waals surface area contributed by atoms with E-state index in [1.807, 2.05) is 42.1 Å². The number of nitrogens with one attached hydrogen (secondary N) is 2. The first-order chi connectivity index (χ1) is 10.8. The lowest BCUT2D eigenvalue weighted by atomic mass is 10.2. The quantitative estimate of drug-likeness (QED) is 0.593. The molecule has 0 aromatic heterocycles. The topological polar surface area (TPSA) is 33.3 Å². The molecule has 0 aliphatic heterocycles. The van der Waals surface area contributed by atoms with Gasteiger partial charge in [0.25, 0.3) is 0 Å². The van der Waals surface area contributed by atoms with Crippen LogP contribution in [0, 0.1) is 0 Å². The summed E-state index contributed by atoms with van der Waals surface area (Å²) >= 11 is 7.17. The van der Waals surface area contributed by atoms with Crippen LogP contribution in [0.5, 0.6) is 5.75 Å². The van der Waals surface area contributed by atoms with Crippen LogP contribution in [0.4, 0.5) is 5.69 Å². The maximum atomic E-state index is 5.28. The summed E-state index contributed by atoms with van der Waals surface area (Å²) in [6.07, 6.45) is 0. The molecule has 2 rings (SSSR count). The molecule has 116 valence electrons. The molecule has 0 heterocycles. The lowest BCUT2D eigenvalue weighted by molar-refractivity contribution is 0.415. The molecule has 5 heteroatoms. The van der Waals surface area contributed by atoms with E-state index >= 15 is 0 Å². The number of rotatable bonds is 7. The molecule has 0 aliphatic rings. The number of thiocarbonyl (C=S) groups is 1. The van der Waals surface area contributed by atoms with Crippen molar-refractivity contribution in [2.24, 2.45) is 0 Å². The minimum Gasteiger partial charge on any atom is -0.497 e. The first-order valence-corrected chi connectivity index (χ1v) is 8.65. The molecule has 2 aromatic rings. The molecule has 0 saturated carbocycles. The number of anilines is 1. The summed E-state index contributed by atoms with van der Waals surface area (Å²) in [6.45, 7) is 0.847. The fourth-order valence-corrected chi connectivity index (χ4v) is 2.89. The highest BCUT2D eigenvalue weighted by Gasteiger charge is 1.98. The van der Waals surface area contributed by atoms with Gasteiger partial charge >= 0.3 is 0 Å². The largest absolute Gasteiger partial charge is 0.497 e. The van der Waals surface area contributed by atoms with Crippen LogP contribution in [0.3, 0.4) is 0 Å². The molecule has 0 unspecified atom stereocenters. The van der Waals surface area contributed by atoms with E-state index in [1.54, 1.807) is 7.11 Å². The van der Waals surface area contributed by atoms with Crippen molar-refractivity contribution in [2.75, 3.05) is 24.7 Å². The third-order valence-electron chi connectivity index (χ3n) is 2.99. The number of hydrogen-bond donors (Lipinski definition) is 2. The maximum absolute atomic E-state index is 5.28. The van der Waals surface area contributed by atoms with E-state index in [1.165, 1.54) is 5.56 Å². The normalized spacial score (nSPS) is 10.0. The highest BCUT2D eigenvalue weighted by Crippen LogP contribution is 2.15. The average molecular weight is 332 g/mol. The molecule has 0 aliphatic carbocycles. The Balaban J connectivity index is 1.61. The molecule has 0 amide bonds. The van der Waals surface area contributed by atoms with Gasteiger partial charge in [0.1, 0.15) is 5.75 Å². The van der Waals surface area contributed by atoms with Crippen molar-refractivity contribution in [3.63, 3.8) is 0 Å². The number of benzene rings is 2. The van der Waals surface area contributed by atoms with Crippen molar-refractivity contribution in [1.29, 1.82) is 0 Å². The number of hydrogen-bond acceptors (Lipinski definition) is 3. The van der Waals surface area contributed by atoms with Crippen molar-refractivity contribution in [3.8, 4) is 5.75 Å². The fourth-order valence-electron chi connectivity index (χ4n) is 1.85. The first-order valence-electron chi connectivity index (χ1n) is 7.08. The zero-order valence-corrected chi connectivity index (χ0v) is 14.2. The summed E-state index contributed by atoms with van der Waals surface area (Å²) in [4.78, 5) is 0. The van der Waals surface area contributed by atoms with Gasteiger partial charge in [-0.05, 0) is 42.0 Å². The van der Waals surface area contributed by atoms with Crippen molar-refractivity contribution in [3.05, 3.63) is 60.2 Å². The molecule has 0 spiro atoms. The van der Waals surface area contributed by atoms with Gasteiger partial charge in [-0.3, -0.25) is 0 Å². The van der Waals surface area contributed by atoms with Gasteiger partial charge in [0.15, 0.2) is 5.11 Å². The molecule has 2 N–H and O–H groups in total. The monoisotopic (exact) mass is 332 g/mol. The predicted molar refractivity (Wildman–Crippen MR) is 99.8 cm³/mol. The summed E-state index contributed by atoms with van der Waals surface area (Å²) < 4.78 is 5.12. The maximum Gasteiger partial charge on any atom is 0.170 e. The van der Waals surface area contributed by atoms with E-state index < -0.39 is 0 Å². The first kappa shape index (κ1) is 16.6. The summed E-state index contributed by atoms with van der Waals surface area (Å²) in [7, 11) is 1.65. The third kappa shape index (κ3) is 5.95. The van der Waals surface area contributed by atoms with Crippen molar-refractivity contribution < 1.29 is 4.74 Å². The van der Waals surface area contributed by atoms with Crippen LogP contribution in [0.2, 0.25) is 0 Å². The van der Waals surface area contributed by atoms with Gasteiger partial charge in [0, 0.05) is 23.7 Å². The standard InChI is InChI=1S/C17H20N2OS2/c1-20-16-9-7-15(8-10-16)19-17(21)18-11-12-22-13-14-5-3-2-4-6-14/h2-10H,11-13H2,1H3,(H2,18,19,21). The van der Waals surface area contributed by atoms with Crippen molar-refractivity contribution in [1.82, 2.24) is 5.32 Å². The SMILES string of the molecule is COc1ccc(NC(=S)NCCSCc2ccccc2)cc1. The Morgan fingerprint density at radius 2 is 1.82 bits per heavy atom. The Morgan fingerprint density at radius 3 is 2.50 bits per heavy atom. The van der Waals surface area contributed by atoms with Gasteiger partial charge in [0.2, 0.25) is 0 Å². The molecule has 3 nitrogen and oxygen atoms in total. The van der Waals surface area contributed by atoms with E-state index in [-0.39, 0.29) is 0 Å². The minimum atomic E-state index is 0.644. The van der Waals surface area contributed by atoms with Gasteiger partial charge in [-0.1, -0.05) is 30.3 Å². The average Bonchev–Trinajstić information content (AvgIpc) is 2.56. The van der Waals surface area contributed by atoms with E-state index in [0.717, 1.165) is 29.5 Å². The molecule has 0 radical (unpaired) electrons. The summed E-state index contributed by atoms with van der Waals surface area (Å²) in [5, 5.41) is 7.02. The molecule has 0 bridgehead atoms. The zero-order chi connectivity index (χ0) is 15.6. The zero-order valence-electron chi connectivity index (χ0n) is 12.5. The molecule has 0 atom stereocenters. The number of methoxy groups -OCH3 is 1. The van der Waals surface area contributed by atoms with Crippen LogP contribution < -0.4 is 15.4 Å². The lowest BCUT2D eigenvalue weighted by Gasteiger charge is -2.10. The Hall–Kier alpha value is -1.72. The fraction of sp³-hybridized carbons (Fsp3) is 0.235. The smallest absolute Gasteiger partial charge is 0.170 e. The summed E-state index contributed by atoms with van der Waals surface area (Å²) in [5.74, 6) is 2.88.